The fourth-order valence-electron chi connectivity index (χ4n) is 3.56. The Morgan fingerprint density at radius 3 is 2.29 bits per heavy atom. The van der Waals surface area contributed by atoms with Crippen LogP contribution in [0.25, 0.3) is 0 Å². The number of piperidine rings is 1. The Morgan fingerprint density at radius 2 is 1.67 bits per heavy atom. The summed E-state index contributed by atoms with van der Waals surface area (Å²) in [4.78, 5) is 15.0. The summed E-state index contributed by atoms with van der Waals surface area (Å²) in [5.41, 5.74) is 1.02. The predicted molar refractivity (Wildman–Crippen MR) is 93.1 cm³/mol. The largest absolute Gasteiger partial charge is 0.341 e. The average molecular weight is 350 g/mol. The van der Waals surface area contributed by atoms with Gasteiger partial charge >= 0.3 is 0 Å². The number of benzene rings is 1. The van der Waals surface area contributed by atoms with Gasteiger partial charge in [-0.15, -0.1) is 0 Å². The molecule has 0 N–H and O–H groups in total. The van der Waals surface area contributed by atoms with Crippen molar-refractivity contribution in [2.24, 2.45) is 5.92 Å². The number of aryl methyl sites for hydroxylation is 1. The fraction of sp³-hybridized carbons (Fsp3) is 0.611. The van der Waals surface area contributed by atoms with Gasteiger partial charge in [-0.1, -0.05) is 24.6 Å². The van der Waals surface area contributed by atoms with Crippen molar-refractivity contribution in [3.05, 3.63) is 29.8 Å². The summed E-state index contributed by atoms with van der Waals surface area (Å²) < 4.78 is 27.3. The van der Waals surface area contributed by atoms with E-state index in [1.165, 1.54) is 4.31 Å². The molecule has 0 saturated carbocycles. The normalized spacial score (nSPS) is 23.6. The van der Waals surface area contributed by atoms with Crippen molar-refractivity contribution in [2.45, 2.75) is 50.5 Å². The molecule has 2 heterocycles. The molecule has 2 fully saturated rings. The van der Waals surface area contributed by atoms with E-state index in [0.717, 1.165) is 37.9 Å². The molecule has 1 aromatic rings. The maximum Gasteiger partial charge on any atom is 0.243 e. The number of carbonyl (C=O) groups is 1. The molecule has 0 radical (unpaired) electrons. The van der Waals surface area contributed by atoms with Gasteiger partial charge in [0, 0.05) is 19.6 Å². The number of carbonyl (C=O) groups excluding carboxylic acids is 1. The highest BCUT2D eigenvalue weighted by atomic mass is 32.2. The first-order valence-corrected chi connectivity index (χ1v) is 10.2. The second-order valence-electron chi connectivity index (χ2n) is 7.09. The Bertz CT molecular complexity index is 691. The lowest BCUT2D eigenvalue weighted by Crippen LogP contribution is -2.49. The Labute approximate surface area is 144 Å². The summed E-state index contributed by atoms with van der Waals surface area (Å²) in [5, 5.41) is 0. The van der Waals surface area contributed by atoms with E-state index in [1.807, 2.05) is 11.8 Å². The van der Waals surface area contributed by atoms with Crippen molar-refractivity contribution in [3.63, 3.8) is 0 Å². The summed E-state index contributed by atoms with van der Waals surface area (Å²) in [6.45, 7) is 6.04. The molecule has 0 aliphatic carbocycles. The van der Waals surface area contributed by atoms with E-state index in [0.29, 0.717) is 18.9 Å². The van der Waals surface area contributed by atoms with Gasteiger partial charge in [0.2, 0.25) is 15.9 Å². The second-order valence-corrected chi connectivity index (χ2v) is 8.99. The molecule has 1 atom stereocenters. The molecule has 132 valence electrons. The van der Waals surface area contributed by atoms with Gasteiger partial charge < -0.3 is 4.90 Å². The Morgan fingerprint density at radius 1 is 1.04 bits per heavy atom. The van der Waals surface area contributed by atoms with E-state index in [4.69, 9.17) is 0 Å². The van der Waals surface area contributed by atoms with Crippen molar-refractivity contribution in [1.29, 1.82) is 0 Å². The quantitative estimate of drug-likeness (QED) is 0.841. The van der Waals surface area contributed by atoms with Crippen LogP contribution in [0, 0.1) is 12.8 Å². The number of amides is 1. The van der Waals surface area contributed by atoms with Crippen LogP contribution in [0.15, 0.2) is 29.2 Å². The maximum absolute atomic E-state index is 13.0. The third kappa shape index (κ3) is 3.35. The monoisotopic (exact) mass is 350 g/mol. The number of hydrogen-bond acceptors (Lipinski definition) is 3. The first-order chi connectivity index (χ1) is 11.4. The van der Waals surface area contributed by atoms with Gasteiger partial charge in [0.1, 0.15) is 6.04 Å². The summed E-state index contributed by atoms with van der Waals surface area (Å²) in [6, 6.07) is 6.32. The second kappa shape index (κ2) is 6.84. The maximum atomic E-state index is 13.0. The number of sulfonamides is 1. The number of likely N-dealkylation sites (tertiary alicyclic amines) is 1. The van der Waals surface area contributed by atoms with Crippen LogP contribution in [0.5, 0.6) is 0 Å². The van der Waals surface area contributed by atoms with Crippen molar-refractivity contribution in [2.75, 3.05) is 19.6 Å². The Kier molecular flexibility index (Phi) is 4.97. The molecule has 1 amide bonds. The molecule has 5 nitrogen and oxygen atoms in total. The minimum Gasteiger partial charge on any atom is -0.341 e. The molecule has 0 unspecified atom stereocenters. The number of nitrogens with zero attached hydrogens (tertiary/aromatic N) is 2. The van der Waals surface area contributed by atoms with Gasteiger partial charge in [0.05, 0.1) is 4.90 Å². The molecule has 0 bridgehead atoms. The molecule has 0 spiro atoms. The summed E-state index contributed by atoms with van der Waals surface area (Å²) in [5.74, 6) is 0.625. The first-order valence-electron chi connectivity index (χ1n) is 8.77. The van der Waals surface area contributed by atoms with Gasteiger partial charge in [-0.05, 0) is 50.7 Å². The third-order valence-corrected chi connectivity index (χ3v) is 7.13. The molecular weight excluding hydrogens is 324 g/mol. The van der Waals surface area contributed by atoms with Crippen LogP contribution in [0.3, 0.4) is 0 Å². The topological polar surface area (TPSA) is 57.7 Å². The van der Waals surface area contributed by atoms with Crippen LogP contribution < -0.4 is 0 Å². The van der Waals surface area contributed by atoms with Gasteiger partial charge in [-0.2, -0.15) is 4.31 Å². The fourth-order valence-corrected chi connectivity index (χ4v) is 5.21. The zero-order valence-corrected chi connectivity index (χ0v) is 15.3. The molecule has 6 heteroatoms. The SMILES string of the molecule is Cc1ccc(S(=O)(=O)N2CCC[C@H]2C(=O)N2CCC(C)CC2)cc1. The van der Waals surface area contributed by atoms with Crippen molar-refractivity contribution in [3.8, 4) is 0 Å². The van der Waals surface area contributed by atoms with Gasteiger partial charge in [0.25, 0.3) is 0 Å². The van der Waals surface area contributed by atoms with Crippen molar-refractivity contribution < 1.29 is 13.2 Å². The predicted octanol–water partition coefficient (Wildman–Crippen LogP) is 2.41. The van der Waals surface area contributed by atoms with E-state index in [1.54, 1.807) is 24.3 Å². The van der Waals surface area contributed by atoms with E-state index in [-0.39, 0.29) is 10.8 Å². The van der Waals surface area contributed by atoms with E-state index >= 15 is 0 Å². The zero-order chi connectivity index (χ0) is 17.3. The van der Waals surface area contributed by atoms with Gasteiger partial charge in [-0.3, -0.25) is 4.79 Å². The average Bonchev–Trinajstić information content (AvgIpc) is 3.06. The zero-order valence-electron chi connectivity index (χ0n) is 14.4. The molecule has 24 heavy (non-hydrogen) atoms. The van der Waals surface area contributed by atoms with Crippen LogP contribution in [-0.4, -0.2) is 49.2 Å². The van der Waals surface area contributed by atoms with Crippen LogP contribution in [0.2, 0.25) is 0 Å². The minimum atomic E-state index is -3.61. The number of rotatable bonds is 3. The lowest BCUT2D eigenvalue weighted by molar-refractivity contribution is -0.135. The molecule has 0 aromatic heterocycles. The summed E-state index contributed by atoms with van der Waals surface area (Å²) in [7, 11) is -3.61. The molecule has 2 aliphatic rings. The van der Waals surface area contributed by atoms with Crippen molar-refractivity contribution in [1.82, 2.24) is 9.21 Å². The Balaban J connectivity index is 1.79. The van der Waals surface area contributed by atoms with E-state index in [9.17, 15) is 13.2 Å². The highest BCUT2D eigenvalue weighted by Gasteiger charge is 2.41. The molecule has 1 aromatic carbocycles. The molecular formula is C18H26N2O3S. The highest BCUT2D eigenvalue weighted by Crippen LogP contribution is 2.28. The smallest absolute Gasteiger partial charge is 0.243 e. The molecule has 2 saturated heterocycles. The van der Waals surface area contributed by atoms with Crippen LogP contribution in [0.4, 0.5) is 0 Å². The van der Waals surface area contributed by atoms with Crippen LogP contribution in [0.1, 0.15) is 38.2 Å². The molecule has 3 rings (SSSR count). The third-order valence-electron chi connectivity index (χ3n) is 5.21. The van der Waals surface area contributed by atoms with E-state index in [2.05, 4.69) is 6.92 Å². The molecule has 2 aliphatic heterocycles. The van der Waals surface area contributed by atoms with Crippen molar-refractivity contribution >= 4 is 15.9 Å². The van der Waals surface area contributed by atoms with Crippen LogP contribution >= 0.6 is 0 Å². The van der Waals surface area contributed by atoms with E-state index < -0.39 is 16.1 Å². The minimum absolute atomic E-state index is 0.0184. The standard InChI is InChI=1S/C18H26N2O3S/c1-14-5-7-16(8-6-14)24(22,23)20-11-3-4-17(20)18(21)19-12-9-15(2)10-13-19/h5-8,15,17H,3-4,9-13H2,1-2H3/t17-/m0/s1. The summed E-state index contributed by atoms with van der Waals surface area (Å²) >= 11 is 0. The summed E-state index contributed by atoms with van der Waals surface area (Å²) in [6.07, 6.45) is 3.37. The van der Waals surface area contributed by atoms with Gasteiger partial charge in [-0.25, -0.2) is 8.42 Å². The Hall–Kier alpha value is -1.40. The lowest BCUT2D eigenvalue weighted by Gasteiger charge is -2.34. The number of hydrogen-bond donors (Lipinski definition) is 0. The highest BCUT2D eigenvalue weighted by molar-refractivity contribution is 7.89. The first kappa shape index (κ1) is 17.4. The lowest BCUT2D eigenvalue weighted by atomic mass is 9.98. The van der Waals surface area contributed by atoms with Gasteiger partial charge in [0.15, 0.2) is 0 Å². The van der Waals surface area contributed by atoms with Crippen LogP contribution in [-0.2, 0) is 14.8 Å².